The van der Waals surface area contributed by atoms with E-state index in [0.717, 1.165) is 51.4 Å². The predicted molar refractivity (Wildman–Crippen MR) is 200 cm³/mol. The van der Waals surface area contributed by atoms with Gasteiger partial charge in [0, 0.05) is 35.8 Å². The molecule has 1 unspecified atom stereocenters. The van der Waals surface area contributed by atoms with Gasteiger partial charge in [0.1, 0.15) is 57.1 Å². The molecule has 282 valence electrons. The summed E-state index contributed by atoms with van der Waals surface area (Å²) in [7, 11) is 5.94. The zero-order valence-corrected chi connectivity index (χ0v) is 31.9. The van der Waals surface area contributed by atoms with Gasteiger partial charge in [0.2, 0.25) is 0 Å². The third kappa shape index (κ3) is 9.72. The van der Waals surface area contributed by atoms with Crippen molar-refractivity contribution in [1.82, 2.24) is 0 Å². The maximum atomic E-state index is 13.8. The lowest BCUT2D eigenvalue weighted by atomic mass is 9.85. The maximum absolute atomic E-state index is 13.8. The minimum absolute atomic E-state index is 0.0392. The first-order chi connectivity index (χ1) is 25.2. The molecule has 0 saturated heterocycles. The molecular formula is C42H54O10. The predicted octanol–water partition coefficient (Wildman–Crippen LogP) is 9.71. The first-order valence-corrected chi connectivity index (χ1v) is 18.3. The Labute approximate surface area is 308 Å². The highest BCUT2D eigenvalue weighted by Gasteiger charge is 2.32. The summed E-state index contributed by atoms with van der Waals surface area (Å²) in [6.07, 6.45) is 17.1. The summed E-state index contributed by atoms with van der Waals surface area (Å²) in [5.41, 5.74) is 0.954. The molecule has 10 nitrogen and oxygen atoms in total. The summed E-state index contributed by atoms with van der Waals surface area (Å²) in [5.74, 6) is 1.21. The summed E-state index contributed by atoms with van der Waals surface area (Å²) in [4.78, 5) is 27.6. The fourth-order valence-corrected chi connectivity index (χ4v) is 6.55. The van der Waals surface area contributed by atoms with Crippen LogP contribution in [-0.4, -0.2) is 52.6 Å². The minimum Gasteiger partial charge on any atom is -0.496 e. The fourth-order valence-electron chi connectivity index (χ4n) is 6.55. The van der Waals surface area contributed by atoms with Gasteiger partial charge in [-0.1, -0.05) is 71.6 Å². The van der Waals surface area contributed by atoms with E-state index < -0.39 is 11.9 Å². The van der Waals surface area contributed by atoms with Gasteiger partial charge in [-0.3, -0.25) is 0 Å². The Hall–Kier alpha value is -4.86. The van der Waals surface area contributed by atoms with Crippen molar-refractivity contribution in [3.63, 3.8) is 0 Å². The zero-order chi connectivity index (χ0) is 37.6. The molecule has 2 aliphatic rings. The van der Waals surface area contributed by atoms with Gasteiger partial charge >= 0.3 is 11.9 Å². The molecule has 0 saturated carbocycles. The molecule has 0 aliphatic heterocycles. The molecule has 0 radical (unpaired) electrons. The normalized spacial score (nSPS) is 14.9. The average Bonchev–Trinajstić information content (AvgIpc) is 3.14. The molecule has 0 fully saturated rings. The fraction of sp³-hybridized carbons (Fsp3) is 0.476. The summed E-state index contributed by atoms with van der Waals surface area (Å²) in [6, 6.07) is 6.75. The molecule has 4 rings (SSSR count). The van der Waals surface area contributed by atoms with Crippen molar-refractivity contribution in [3.05, 3.63) is 82.9 Å². The van der Waals surface area contributed by atoms with Crippen molar-refractivity contribution in [2.45, 2.75) is 97.7 Å². The van der Waals surface area contributed by atoms with Crippen molar-refractivity contribution < 1.29 is 47.5 Å². The first kappa shape index (κ1) is 39.9. The van der Waals surface area contributed by atoms with Crippen molar-refractivity contribution >= 4 is 11.9 Å². The number of fused-ring (bicyclic) bond motifs is 1. The molecule has 0 aromatic heterocycles. The van der Waals surface area contributed by atoms with Gasteiger partial charge in [0.25, 0.3) is 0 Å². The van der Waals surface area contributed by atoms with Crippen LogP contribution in [0.3, 0.4) is 0 Å². The Bertz CT molecular complexity index is 1600. The molecule has 2 aromatic rings. The Kier molecular flexibility index (Phi) is 15.1. The molecular weight excluding hydrogens is 664 g/mol. The van der Waals surface area contributed by atoms with Crippen LogP contribution in [0, 0.1) is 5.92 Å². The van der Waals surface area contributed by atoms with Crippen LogP contribution >= 0.6 is 0 Å². The van der Waals surface area contributed by atoms with Gasteiger partial charge in [0.05, 0.1) is 40.6 Å². The molecule has 0 spiro atoms. The second-order valence-corrected chi connectivity index (χ2v) is 12.8. The number of carbonyl (C=O) groups is 2. The maximum Gasteiger partial charge on any atom is 0.351 e. The monoisotopic (exact) mass is 718 g/mol. The zero-order valence-electron chi connectivity index (χ0n) is 31.9. The number of hydrogen-bond donors (Lipinski definition) is 0. The van der Waals surface area contributed by atoms with E-state index >= 15 is 0 Å². The van der Waals surface area contributed by atoms with Crippen LogP contribution in [0.4, 0.5) is 0 Å². The van der Waals surface area contributed by atoms with Crippen LogP contribution in [0.15, 0.2) is 71.7 Å². The Morgan fingerprint density at radius 1 is 0.635 bits per heavy atom. The van der Waals surface area contributed by atoms with Gasteiger partial charge in [-0.15, -0.1) is 0 Å². The van der Waals surface area contributed by atoms with Crippen molar-refractivity contribution in [3.8, 4) is 34.5 Å². The second kappa shape index (κ2) is 19.7. The molecule has 2 aliphatic carbocycles. The number of ether oxygens (including phenoxy) is 8. The SMILES string of the molecule is CCCC(CCC)Oc1cc(OC)c(C(=O)OC2=CC=CC3=C(OC(=O)c4c(OC)cc(OC(CCC)CCC)cc4OC)C=CCC23)c(OC)c1. The van der Waals surface area contributed by atoms with Crippen LogP contribution in [-0.2, 0) is 9.47 Å². The van der Waals surface area contributed by atoms with E-state index in [2.05, 4.69) is 27.7 Å². The van der Waals surface area contributed by atoms with Crippen LogP contribution in [0.25, 0.3) is 0 Å². The third-order valence-electron chi connectivity index (χ3n) is 9.01. The second-order valence-electron chi connectivity index (χ2n) is 12.8. The number of rotatable bonds is 20. The van der Waals surface area contributed by atoms with Crippen LogP contribution in [0.2, 0.25) is 0 Å². The Balaban J connectivity index is 1.57. The van der Waals surface area contributed by atoms with Gasteiger partial charge in [-0.25, -0.2) is 9.59 Å². The van der Waals surface area contributed by atoms with E-state index in [-0.39, 0.29) is 52.3 Å². The molecule has 2 aromatic carbocycles. The van der Waals surface area contributed by atoms with E-state index in [4.69, 9.17) is 37.9 Å². The molecule has 0 bridgehead atoms. The van der Waals surface area contributed by atoms with E-state index in [1.165, 1.54) is 28.4 Å². The highest BCUT2D eigenvalue weighted by molar-refractivity contribution is 5.97. The van der Waals surface area contributed by atoms with Gasteiger partial charge < -0.3 is 37.9 Å². The Morgan fingerprint density at radius 3 is 1.46 bits per heavy atom. The average molecular weight is 719 g/mol. The lowest BCUT2D eigenvalue weighted by Gasteiger charge is -2.27. The minimum atomic E-state index is -0.662. The third-order valence-corrected chi connectivity index (χ3v) is 9.01. The smallest absolute Gasteiger partial charge is 0.351 e. The molecule has 10 heteroatoms. The number of allylic oxidation sites excluding steroid dienone is 6. The first-order valence-electron chi connectivity index (χ1n) is 18.3. The molecule has 1 atom stereocenters. The lowest BCUT2D eigenvalue weighted by molar-refractivity contribution is 0.0570. The van der Waals surface area contributed by atoms with E-state index in [1.54, 1.807) is 42.5 Å². The van der Waals surface area contributed by atoms with E-state index in [9.17, 15) is 9.59 Å². The summed E-state index contributed by atoms with van der Waals surface area (Å²) < 4.78 is 47.1. The number of carbonyl (C=O) groups excluding carboxylic acids is 2. The van der Waals surface area contributed by atoms with Gasteiger partial charge in [-0.05, 0) is 44.3 Å². The summed E-state index contributed by atoms with van der Waals surface area (Å²) in [5, 5.41) is 0. The number of methoxy groups -OCH3 is 4. The van der Waals surface area contributed by atoms with Gasteiger partial charge in [0.15, 0.2) is 0 Å². The van der Waals surface area contributed by atoms with Crippen molar-refractivity contribution in [2.75, 3.05) is 28.4 Å². The Morgan fingerprint density at radius 2 is 1.06 bits per heavy atom. The van der Waals surface area contributed by atoms with Crippen molar-refractivity contribution in [1.29, 1.82) is 0 Å². The standard InChI is InChI=1S/C42H54O10/c1-9-15-27(16-10-2)49-29-23-35(45-5)39(36(24-29)46-6)41(43)51-33-21-13-20-32-31(33)19-14-22-34(32)52-42(44)40-37(47-7)25-30(26-38(40)48-8)50-28(17-11-3)18-12-4/h13-14,19,21-28,32H,9-12,15-18,20H2,1-8H3. The van der Waals surface area contributed by atoms with Crippen molar-refractivity contribution in [2.24, 2.45) is 5.92 Å². The number of hydrogen-bond acceptors (Lipinski definition) is 10. The number of benzene rings is 2. The highest BCUT2D eigenvalue weighted by Crippen LogP contribution is 2.41. The molecule has 0 N–H and O–H groups in total. The lowest BCUT2D eigenvalue weighted by Crippen LogP contribution is -2.20. The topological polar surface area (TPSA) is 108 Å². The van der Waals surface area contributed by atoms with Crippen LogP contribution in [0.1, 0.15) is 106 Å². The van der Waals surface area contributed by atoms with Gasteiger partial charge in [-0.2, -0.15) is 0 Å². The molecule has 52 heavy (non-hydrogen) atoms. The highest BCUT2D eigenvalue weighted by atomic mass is 16.6. The summed E-state index contributed by atoms with van der Waals surface area (Å²) >= 11 is 0. The quantitative estimate of drug-likeness (QED) is 0.123. The van der Waals surface area contributed by atoms with Crippen LogP contribution < -0.4 is 28.4 Å². The number of esters is 2. The molecule has 0 amide bonds. The summed E-state index contributed by atoms with van der Waals surface area (Å²) in [6.45, 7) is 8.49. The largest absolute Gasteiger partial charge is 0.496 e. The van der Waals surface area contributed by atoms with E-state index in [0.29, 0.717) is 35.0 Å². The van der Waals surface area contributed by atoms with Crippen LogP contribution in [0.5, 0.6) is 34.5 Å². The molecule has 0 heterocycles. The van der Waals surface area contributed by atoms with E-state index in [1.807, 2.05) is 12.2 Å².